The third-order valence-corrected chi connectivity index (χ3v) is 3.88. The van der Waals surface area contributed by atoms with Crippen LogP contribution in [0.2, 0.25) is 0 Å². The molecular weight excluding hydrogens is 239 g/mol. The van der Waals surface area contributed by atoms with E-state index in [0.29, 0.717) is 0 Å². The van der Waals surface area contributed by atoms with Crippen LogP contribution >= 0.6 is 0 Å². The third kappa shape index (κ3) is 2.33. The van der Waals surface area contributed by atoms with E-state index in [2.05, 4.69) is 19.2 Å². The van der Waals surface area contributed by atoms with Crippen LogP contribution in [0.3, 0.4) is 0 Å². The molecule has 0 aliphatic carbocycles. The molecule has 2 atom stereocenters. The summed E-state index contributed by atoms with van der Waals surface area (Å²) in [5, 5.41) is 3.36. The lowest BCUT2D eigenvalue weighted by Gasteiger charge is -2.40. The van der Waals surface area contributed by atoms with Crippen molar-refractivity contribution in [2.45, 2.75) is 51.2 Å². The molecule has 0 saturated carbocycles. The summed E-state index contributed by atoms with van der Waals surface area (Å²) in [5.74, 6) is 0.147. The van der Waals surface area contributed by atoms with E-state index in [1.165, 1.54) is 6.07 Å². The van der Waals surface area contributed by atoms with E-state index in [1.54, 1.807) is 6.07 Å². The highest BCUT2D eigenvalue weighted by Crippen LogP contribution is 2.42. The number of alkyl halides is 3. The Kier molecular flexibility index (Phi) is 3.07. The number of nitrogens with one attached hydrogen (secondary N) is 1. The fourth-order valence-electron chi connectivity index (χ4n) is 2.66. The van der Waals surface area contributed by atoms with Gasteiger partial charge < -0.3 is 5.32 Å². The number of halogens is 3. The van der Waals surface area contributed by atoms with Crippen LogP contribution in [0.4, 0.5) is 18.9 Å². The van der Waals surface area contributed by atoms with E-state index in [9.17, 15) is 13.2 Å². The fraction of sp³-hybridized carbons (Fsp3) is 0.571. The fourth-order valence-corrected chi connectivity index (χ4v) is 2.66. The van der Waals surface area contributed by atoms with Crippen molar-refractivity contribution < 1.29 is 13.2 Å². The van der Waals surface area contributed by atoms with Gasteiger partial charge in [-0.05, 0) is 49.4 Å². The van der Waals surface area contributed by atoms with E-state index in [-0.39, 0.29) is 11.5 Å². The van der Waals surface area contributed by atoms with E-state index in [0.717, 1.165) is 30.2 Å². The molecule has 0 spiro atoms. The summed E-state index contributed by atoms with van der Waals surface area (Å²) >= 11 is 0. The molecule has 0 aromatic heterocycles. The Bertz CT molecular complexity index is 453. The average Bonchev–Trinajstić information content (AvgIpc) is 2.27. The maximum atomic E-state index is 12.7. The van der Waals surface area contributed by atoms with Crippen molar-refractivity contribution >= 4 is 5.69 Å². The molecule has 1 nitrogen and oxygen atoms in total. The summed E-state index contributed by atoms with van der Waals surface area (Å²) in [6.07, 6.45) is -2.45. The number of anilines is 1. The van der Waals surface area contributed by atoms with E-state index in [1.807, 2.05) is 6.92 Å². The molecule has 0 fully saturated rings. The maximum absolute atomic E-state index is 12.7. The minimum atomic E-state index is -4.26. The van der Waals surface area contributed by atoms with Crippen molar-refractivity contribution in [3.63, 3.8) is 0 Å². The van der Waals surface area contributed by atoms with Crippen LogP contribution in [0, 0.1) is 0 Å². The Balaban J connectivity index is 2.41. The molecule has 2 unspecified atom stereocenters. The van der Waals surface area contributed by atoms with Gasteiger partial charge in [0.25, 0.3) is 0 Å². The second-order valence-electron chi connectivity index (χ2n) is 5.44. The molecule has 2 rings (SSSR count). The topological polar surface area (TPSA) is 12.0 Å². The summed E-state index contributed by atoms with van der Waals surface area (Å²) in [5.41, 5.74) is 1.03. The average molecular weight is 257 g/mol. The quantitative estimate of drug-likeness (QED) is 0.762. The van der Waals surface area contributed by atoms with Crippen molar-refractivity contribution in [1.82, 2.24) is 0 Å². The molecule has 100 valence electrons. The Morgan fingerprint density at radius 3 is 2.61 bits per heavy atom. The van der Waals surface area contributed by atoms with Crippen LogP contribution in [0.5, 0.6) is 0 Å². The summed E-state index contributed by atoms with van der Waals surface area (Å²) in [6, 6.07) is 3.99. The zero-order valence-corrected chi connectivity index (χ0v) is 10.9. The molecule has 1 aliphatic heterocycles. The molecule has 1 heterocycles. The highest BCUT2D eigenvalue weighted by Gasteiger charge is 2.35. The Labute approximate surface area is 105 Å². The minimum Gasteiger partial charge on any atom is -0.380 e. The lowest BCUT2D eigenvalue weighted by Crippen LogP contribution is -2.39. The van der Waals surface area contributed by atoms with Gasteiger partial charge in [0.15, 0.2) is 0 Å². The predicted molar refractivity (Wildman–Crippen MR) is 66.8 cm³/mol. The lowest BCUT2D eigenvalue weighted by molar-refractivity contribution is -0.137. The number of benzene rings is 1. The van der Waals surface area contributed by atoms with Crippen LogP contribution in [0.15, 0.2) is 18.2 Å². The molecule has 1 aliphatic rings. The Morgan fingerprint density at radius 1 is 1.39 bits per heavy atom. The Hall–Kier alpha value is -1.19. The van der Waals surface area contributed by atoms with Crippen LogP contribution in [0.1, 0.15) is 50.7 Å². The van der Waals surface area contributed by atoms with E-state index < -0.39 is 11.7 Å². The monoisotopic (exact) mass is 257 g/mol. The van der Waals surface area contributed by atoms with Gasteiger partial charge in [0.05, 0.1) is 5.56 Å². The van der Waals surface area contributed by atoms with Gasteiger partial charge in [0.2, 0.25) is 0 Å². The van der Waals surface area contributed by atoms with Gasteiger partial charge in [-0.15, -0.1) is 0 Å². The predicted octanol–water partition coefficient (Wildman–Crippen LogP) is 4.79. The Morgan fingerprint density at radius 2 is 2.06 bits per heavy atom. The first-order valence-corrected chi connectivity index (χ1v) is 6.24. The van der Waals surface area contributed by atoms with Crippen molar-refractivity contribution in [3.8, 4) is 0 Å². The summed E-state index contributed by atoms with van der Waals surface area (Å²) in [6.45, 7) is 6.20. The van der Waals surface area contributed by atoms with Gasteiger partial charge in [0.1, 0.15) is 0 Å². The summed E-state index contributed by atoms with van der Waals surface area (Å²) in [7, 11) is 0. The lowest BCUT2D eigenvalue weighted by atomic mass is 9.79. The van der Waals surface area contributed by atoms with Gasteiger partial charge in [-0.3, -0.25) is 0 Å². The van der Waals surface area contributed by atoms with Crippen molar-refractivity contribution in [3.05, 3.63) is 29.3 Å². The number of rotatable bonds is 1. The molecule has 0 amide bonds. The first-order chi connectivity index (χ1) is 8.25. The molecule has 4 heteroatoms. The first kappa shape index (κ1) is 13.2. The standard InChI is InChI=1S/C14H18F3N/c1-4-13(3)8-9(2)11-7-10(14(15,16)17)5-6-12(11)18-13/h5-7,9,18H,4,8H2,1-3H3. The molecule has 0 bridgehead atoms. The molecule has 0 radical (unpaired) electrons. The van der Waals surface area contributed by atoms with Crippen LogP contribution in [0.25, 0.3) is 0 Å². The SMILES string of the molecule is CCC1(C)CC(C)c2cc(C(F)(F)F)ccc2N1. The smallest absolute Gasteiger partial charge is 0.380 e. The van der Waals surface area contributed by atoms with E-state index in [4.69, 9.17) is 0 Å². The first-order valence-electron chi connectivity index (χ1n) is 6.24. The van der Waals surface area contributed by atoms with Crippen molar-refractivity contribution in [2.75, 3.05) is 5.32 Å². The van der Waals surface area contributed by atoms with Gasteiger partial charge in [0, 0.05) is 11.2 Å². The normalized spacial score (nSPS) is 27.6. The number of hydrogen-bond donors (Lipinski definition) is 1. The second-order valence-corrected chi connectivity index (χ2v) is 5.44. The van der Waals surface area contributed by atoms with Crippen molar-refractivity contribution in [1.29, 1.82) is 0 Å². The maximum Gasteiger partial charge on any atom is 0.416 e. The summed E-state index contributed by atoms with van der Waals surface area (Å²) in [4.78, 5) is 0. The molecule has 1 aromatic rings. The van der Waals surface area contributed by atoms with Crippen molar-refractivity contribution in [2.24, 2.45) is 0 Å². The summed E-state index contributed by atoms with van der Waals surface area (Å²) < 4.78 is 38.0. The third-order valence-electron chi connectivity index (χ3n) is 3.88. The molecule has 1 aromatic carbocycles. The largest absolute Gasteiger partial charge is 0.416 e. The zero-order chi connectivity index (χ0) is 13.6. The highest BCUT2D eigenvalue weighted by atomic mass is 19.4. The van der Waals surface area contributed by atoms with Crippen LogP contribution < -0.4 is 5.32 Å². The molecule has 1 N–H and O–H groups in total. The zero-order valence-electron chi connectivity index (χ0n) is 10.9. The highest BCUT2D eigenvalue weighted by molar-refractivity contribution is 5.58. The van der Waals surface area contributed by atoms with Gasteiger partial charge in [-0.1, -0.05) is 13.8 Å². The molecular formula is C14H18F3N. The minimum absolute atomic E-state index is 0.0217. The van der Waals surface area contributed by atoms with Gasteiger partial charge in [-0.25, -0.2) is 0 Å². The van der Waals surface area contributed by atoms with Crippen LogP contribution in [-0.4, -0.2) is 5.54 Å². The second kappa shape index (κ2) is 4.18. The molecule has 18 heavy (non-hydrogen) atoms. The van der Waals surface area contributed by atoms with Gasteiger partial charge in [-0.2, -0.15) is 13.2 Å². The number of fused-ring (bicyclic) bond motifs is 1. The van der Waals surface area contributed by atoms with Gasteiger partial charge >= 0.3 is 6.18 Å². The number of hydrogen-bond acceptors (Lipinski definition) is 1. The van der Waals surface area contributed by atoms with Crippen LogP contribution in [-0.2, 0) is 6.18 Å². The molecule has 0 saturated heterocycles. The van der Waals surface area contributed by atoms with E-state index >= 15 is 0 Å².